The summed E-state index contributed by atoms with van der Waals surface area (Å²) in [6.45, 7) is 10.4. The van der Waals surface area contributed by atoms with Gasteiger partial charge in [0.1, 0.15) is 0 Å². The fourth-order valence-electron chi connectivity index (χ4n) is 8.65. The number of likely N-dealkylation sites (tertiary alicyclic amines) is 1. The Morgan fingerprint density at radius 2 is 1.73 bits per heavy atom. The van der Waals surface area contributed by atoms with Crippen LogP contribution in [0.3, 0.4) is 0 Å². The lowest BCUT2D eigenvalue weighted by molar-refractivity contribution is -0.139. The van der Waals surface area contributed by atoms with Crippen molar-refractivity contribution >= 4 is 23.4 Å². The van der Waals surface area contributed by atoms with Crippen LogP contribution in [-0.2, 0) is 19.9 Å². The molecule has 2 saturated carbocycles. The number of benzene rings is 1. The van der Waals surface area contributed by atoms with Gasteiger partial charge in [0.2, 0.25) is 17.7 Å². The minimum absolute atomic E-state index is 0.00862. The van der Waals surface area contributed by atoms with Gasteiger partial charge >= 0.3 is 0 Å². The zero-order chi connectivity index (χ0) is 26.8. The van der Waals surface area contributed by atoms with Gasteiger partial charge in [-0.15, -0.1) is 0 Å². The van der Waals surface area contributed by atoms with Crippen LogP contribution < -0.4 is 10.6 Å². The molecule has 0 spiro atoms. The molecule has 1 aromatic rings. The summed E-state index contributed by atoms with van der Waals surface area (Å²) in [4.78, 5) is 39.5. The highest BCUT2D eigenvalue weighted by atomic mass is 16.2. The van der Waals surface area contributed by atoms with E-state index in [-0.39, 0.29) is 34.5 Å². The second-order valence-corrected chi connectivity index (χ2v) is 13.1. The molecule has 2 N–H and O–H groups in total. The molecule has 5 rings (SSSR count). The van der Waals surface area contributed by atoms with Crippen LogP contribution in [0.1, 0.15) is 85.1 Å². The Kier molecular flexibility index (Phi) is 6.32. The molecule has 3 fully saturated rings. The third kappa shape index (κ3) is 4.21. The van der Waals surface area contributed by atoms with Gasteiger partial charge in [-0.05, 0) is 93.2 Å². The van der Waals surface area contributed by atoms with Crippen molar-refractivity contribution in [1.82, 2.24) is 10.2 Å². The average molecular weight is 506 g/mol. The van der Waals surface area contributed by atoms with Crippen molar-refractivity contribution in [2.45, 2.75) is 85.1 Å². The Morgan fingerprint density at radius 3 is 2.41 bits per heavy atom. The quantitative estimate of drug-likeness (QED) is 0.559. The van der Waals surface area contributed by atoms with E-state index in [1.807, 2.05) is 36.2 Å². The van der Waals surface area contributed by atoms with Gasteiger partial charge in [0.15, 0.2) is 0 Å². The van der Waals surface area contributed by atoms with Crippen molar-refractivity contribution in [2.75, 3.05) is 12.4 Å². The first-order valence-corrected chi connectivity index (χ1v) is 14.0. The number of anilines is 1. The summed E-state index contributed by atoms with van der Waals surface area (Å²) in [7, 11) is 1.95. The molecular weight excluding hydrogens is 462 g/mol. The van der Waals surface area contributed by atoms with Crippen LogP contribution in [0.4, 0.5) is 5.69 Å². The number of nitrogens with one attached hydrogen (secondary N) is 2. The predicted molar refractivity (Wildman–Crippen MR) is 145 cm³/mol. The number of nitrogens with zero attached hydrogens (tertiary/aromatic N) is 1. The molecule has 0 unspecified atom stereocenters. The summed E-state index contributed by atoms with van der Waals surface area (Å²) in [5, 5.41) is 6.19. The first kappa shape index (κ1) is 26.0. The summed E-state index contributed by atoms with van der Waals surface area (Å²) in [6, 6.07) is 7.74. The van der Waals surface area contributed by atoms with Crippen LogP contribution in [0.25, 0.3) is 0 Å². The minimum Gasteiger partial charge on any atom is -0.347 e. The molecule has 6 nitrogen and oxygen atoms in total. The van der Waals surface area contributed by atoms with Gasteiger partial charge in [-0.25, -0.2) is 0 Å². The second-order valence-electron chi connectivity index (χ2n) is 13.1. The fraction of sp³-hybridized carbons (Fsp3) is 0.645. The van der Waals surface area contributed by atoms with E-state index in [0.29, 0.717) is 24.2 Å². The Hall–Kier alpha value is -2.63. The molecule has 37 heavy (non-hydrogen) atoms. The standard InChI is InChI=1S/C31H43N3O3/c1-19(35)32-21-9-7-20(8-10-21)29(2,3)33-28(37)25-13-12-23-22-11-14-26-31(5,18-16-27(36)34(26)6)24(22)15-17-30(23,25)4/h7-10,14,22-25H,11-13,15-18H2,1-6H3,(H,32,35)(H,33,37)/t22-,23-,24-,25+,30-,31+/m0/s1. The van der Waals surface area contributed by atoms with Gasteiger partial charge < -0.3 is 15.5 Å². The van der Waals surface area contributed by atoms with Crippen molar-refractivity contribution in [1.29, 1.82) is 0 Å². The molecule has 3 amide bonds. The molecular formula is C31H43N3O3. The van der Waals surface area contributed by atoms with Gasteiger partial charge in [0, 0.05) is 43.1 Å². The second kappa shape index (κ2) is 8.99. The highest BCUT2D eigenvalue weighted by Crippen LogP contribution is 2.66. The first-order chi connectivity index (χ1) is 17.4. The molecule has 6 atom stereocenters. The Balaban J connectivity index is 1.32. The number of carbonyl (C=O) groups excluding carboxylic acids is 3. The van der Waals surface area contributed by atoms with Gasteiger partial charge in [-0.1, -0.05) is 32.1 Å². The molecule has 200 valence electrons. The van der Waals surface area contributed by atoms with Crippen LogP contribution in [0.15, 0.2) is 36.0 Å². The number of fused-ring (bicyclic) bond motifs is 5. The van der Waals surface area contributed by atoms with E-state index in [1.54, 1.807) is 0 Å². The molecule has 0 radical (unpaired) electrons. The van der Waals surface area contributed by atoms with Gasteiger partial charge in [0.25, 0.3) is 0 Å². The summed E-state index contributed by atoms with van der Waals surface area (Å²) >= 11 is 0. The molecule has 6 heteroatoms. The maximum Gasteiger partial charge on any atom is 0.226 e. The maximum absolute atomic E-state index is 13.8. The van der Waals surface area contributed by atoms with E-state index in [0.717, 1.165) is 49.8 Å². The van der Waals surface area contributed by atoms with E-state index in [1.165, 1.54) is 12.6 Å². The van der Waals surface area contributed by atoms with Gasteiger partial charge in [-0.2, -0.15) is 0 Å². The number of hydrogen-bond donors (Lipinski definition) is 2. The van der Waals surface area contributed by atoms with Gasteiger partial charge in [0.05, 0.1) is 5.54 Å². The Labute approximate surface area is 221 Å². The predicted octanol–water partition coefficient (Wildman–Crippen LogP) is 5.60. The largest absolute Gasteiger partial charge is 0.347 e. The first-order valence-electron chi connectivity index (χ1n) is 14.0. The third-order valence-electron chi connectivity index (χ3n) is 10.7. The SMILES string of the molecule is CC(=O)Nc1ccc(C(C)(C)NC(=O)[C@H]2CC[C@H]3[C@@H]4CC=C5N(C)C(=O)CC[C@]5(C)[C@H]4CC[C@]23C)cc1. The van der Waals surface area contributed by atoms with Crippen LogP contribution in [0.2, 0.25) is 0 Å². The lowest BCUT2D eigenvalue weighted by Crippen LogP contribution is -2.55. The fourth-order valence-corrected chi connectivity index (χ4v) is 8.65. The third-order valence-corrected chi connectivity index (χ3v) is 10.7. The molecule has 1 aromatic carbocycles. The lowest BCUT2D eigenvalue weighted by Gasteiger charge is -2.58. The molecule has 1 aliphatic heterocycles. The number of amides is 3. The van der Waals surface area contributed by atoms with Crippen molar-refractivity contribution < 1.29 is 14.4 Å². The van der Waals surface area contributed by atoms with Crippen LogP contribution in [0.5, 0.6) is 0 Å². The topological polar surface area (TPSA) is 78.5 Å². The van der Waals surface area contributed by atoms with E-state index in [4.69, 9.17) is 0 Å². The van der Waals surface area contributed by atoms with Crippen molar-refractivity contribution in [3.63, 3.8) is 0 Å². The van der Waals surface area contributed by atoms with Crippen LogP contribution in [0, 0.1) is 34.5 Å². The highest BCUT2D eigenvalue weighted by Gasteiger charge is 2.60. The number of rotatable bonds is 4. The molecule has 3 aliphatic carbocycles. The number of carbonyl (C=O) groups is 3. The van der Waals surface area contributed by atoms with E-state index < -0.39 is 5.54 Å². The van der Waals surface area contributed by atoms with Crippen molar-refractivity contribution in [3.8, 4) is 0 Å². The van der Waals surface area contributed by atoms with E-state index >= 15 is 0 Å². The van der Waals surface area contributed by atoms with Gasteiger partial charge in [-0.3, -0.25) is 14.4 Å². The molecule has 4 aliphatic rings. The van der Waals surface area contributed by atoms with E-state index in [2.05, 4.69) is 44.4 Å². The number of piperidine rings is 1. The van der Waals surface area contributed by atoms with Crippen molar-refractivity contribution in [3.05, 3.63) is 41.6 Å². The number of allylic oxidation sites excluding steroid dienone is 2. The minimum atomic E-state index is -0.507. The Morgan fingerprint density at radius 1 is 1.03 bits per heavy atom. The molecule has 1 heterocycles. The zero-order valence-corrected chi connectivity index (χ0v) is 23.3. The van der Waals surface area contributed by atoms with Crippen LogP contribution >= 0.6 is 0 Å². The summed E-state index contributed by atoms with van der Waals surface area (Å²) < 4.78 is 0. The number of hydrogen-bond acceptors (Lipinski definition) is 3. The summed E-state index contributed by atoms with van der Waals surface area (Å²) in [6.07, 6.45) is 9.22. The van der Waals surface area contributed by atoms with Crippen LogP contribution in [-0.4, -0.2) is 29.7 Å². The normalized spacial score (nSPS) is 35.1. The summed E-state index contributed by atoms with van der Waals surface area (Å²) in [5.74, 6) is 2.04. The van der Waals surface area contributed by atoms with E-state index in [9.17, 15) is 14.4 Å². The monoisotopic (exact) mass is 505 g/mol. The Bertz CT molecular complexity index is 1140. The lowest BCUT2D eigenvalue weighted by atomic mass is 9.49. The zero-order valence-electron chi connectivity index (χ0n) is 23.3. The maximum atomic E-state index is 13.8. The molecule has 1 saturated heterocycles. The van der Waals surface area contributed by atoms with Crippen molar-refractivity contribution in [2.24, 2.45) is 34.5 Å². The molecule has 0 bridgehead atoms. The summed E-state index contributed by atoms with van der Waals surface area (Å²) in [5.41, 5.74) is 2.59. The molecule has 0 aromatic heterocycles. The smallest absolute Gasteiger partial charge is 0.226 e. The average Bonchev–Trinajstić information content (AvgIpc) is 3.19. The highest BCUT2D eigenvalue weighted by molar-refractivity contribution is 5.88.